The molecule has 0 radical (unpaired) electrons. The van der Waals surface area contributed by atoms with E-state index in [-0.39, 0.29) is 11.9 Å². The minimum absolute atomic E-state index is 0.00321. The van der Waals surface area contributed by atoms with Gasteiger partial charge in [0.15, 0.2) is 0 Å². The maximum Gasteiger partial charge on any atom is 0.246 e. The average molecular weight is 329 g/mol. The first-order valence-electron chi connectivity index (χ1n) is 8.01. The number of hydrogen-bond acceptors (Lipinski definition) is 2. The van der Waals surface area contributed by atoms with Gasteiger partial charge in [-0.05, 0) is 56.1 Å². The van der Waals surface area contributed by atoms with Crippen molar-refractivity contribution in [3.63, 3.8) is 0 Å². The van der Waals surface area contributed by atoms with Gasteiger partial charge in [0, 0.05) is 10.7 Å². The van der Waals surface area contributed by atoms with Crippen LogP contribution in [0.15, 0.2) is 48.5 Å². The molecule has 1 amide bonds. The summed E-state index contributed by atoms with van der Waals surface area (Å²) in [6.45, 7) is 3.89. The number of benzene rings is 2. The van der Waals surface area contributed by atoms with E-state index in [4.69, 9.17) is 11.6 Å². The van der Waals surface area contributed by atoms with Crippen molar-refractivity contribution in [1.82, 2.24) is 4.90 Å². The fourth-order valence-electron chi connectivity index (χ4n) is 3.09. The summed E-state index contributed by atoms with van der Waals surface area (Å²) in [5.74, 6) is 0.00321. The normalized spacial score (nSPS) is 16.3. The topological polar surface area (TPSA) is 32.3 Å². The van der Waals surface area contributed by atoms with Gasteiger partial charge in [-0.3, -0.25) is 9.69 Å². The third-order valence-corrected chi connectivity index (χ3v) is 4.56. The van der Waals surface area contributed by atoms with Gasteiger partial charge in [-0.2, -0.15) is 0 Å². The fourth-order valence-corrected chi connectivity index (χ4v) is 3.27. The lowest BCUT2D eigenvalue weighted by Crippen LogP contribution is -2.35. The third kappa shape index (κ3) is 3.74. The molecule has 3 rings (SSSR count). The van der Waals surface area contributed by atoms with E-state index in [2.05, 4.69) is 10.2 Å². The lowest BCUT2D eigenvalue weighted by molar-refractivity contribution is -0.121. The van der Waals surface area contributed by atoms with Crippen LogP contribution in [0.4, 0.5) is 5.69 Å². The van der Waals surface area contributed by atoms with Crippen LogP contribution < -0.4 is 5.32 Å². The molecule has 0 saturated carbocycles. The van der Waals surface area contributed by atoms with Crippen molar-refractivity contribution < 1.29 is 4.79 Å². The predicted molar refractivity (Wildman–Crippen MR) is 94.8 cm³/mol. The molecule has 1 atom stereocenters. The first-order chi connectivity index (χ1) is 11.1. The van der Waals surface area contributed by atoms with Crippen LogP contribution in [-0.4, -0.2) is 23.9 Å². The van der Waals surface area contributed by atoms with Crippen LogP contribution in [0.3, 0.4) is 0 Å². The van der Waals surface area contributed by atoms with Crippen molar-refractivity contribution in [2.24, 2.45) is 0 Å². The highest BCUT2D eigenvalue weighted by Gasteiger charge is 2.29. The molecule has 0 aliphatic carbocycles. The first-order valence-corrected chi connectivity index (χ1v) is 8.39. The van der Waals surface area contributed by atoms with Crippen LogP contribution in [0.1, 0.15) is 30.0 Å². The van der Waals surface area contributed by atoms with Gasteiger partial charge in [-0.25, -0.2) is 0 Å². The summed E-state index contributed by atoms with van der Waals surface area (Å²) in [7, 11) is 0. The summed E-state index contributed by atoms with van der Waals surface area (Å²) in [4.78, 5) is 15.2. The number of anilines is 1. The smallest absolute Gasteiger partial charge is 0.246 e. The second-order valence-corrected chi connectivity index (χ2v) is 6.44. The number of likely N-dealkylation sites (tertiary alicyclic amines) is 1. The Kier molecular flexibility index (Phi) is 4.99. The Hall–Kier alpha value is -1.84. The SMILES string of the molecule is Cc1ccc(Cl)cc1NC(=O)C(c1ccccc1)N1CCCC1. The zero-order chi connectivity index (χ0) is 16.2. The molecule has 1 aliphatic heterocycles. The van der Waals surface area contributed by atoms with Crippen molar-refractivity contribution in [3.05, 3.63) is 64.7 Å². The third-order valence-electron chi connectivity index (χ3n) is 4.33. The number of rotatable bonds is 4. The van der Waals surface area contributed by atoms with Gasteiger partial charge in [0.05, 0.1) is 0 Å². The Labute approximate surface area is 142 Å². The number of halogens is 1. The summed E-state index contributed by atoms with van der Waals surface area (Å²) >= 11 is 6.06. The van der Waals surface area contributed by atoms with Gasteiger partial charge in [0.1, 0.15) is 6.04 Å². The minimum Gasteiger partial charge on any atom is -0.324 e. The highest BCUT2D eigenvalue weighted by molar-refractivity contribution is 6.31. The Morgan fingerprint density at radius 3 is 2.52 bits per heavy atom. The van der Waals surface area contributed by atoms with Crippen molar-refractivity contribution in [1.29, 1.82) is 0 Å². The van der Waals surface area contributed by atoms with Crippen molar-refractivity contribution in [2.75, 3.05) is 18.4 Å². The van der Waals surface area contributed by atoms with E-state index in [0.29, 0.717) is 5.02 Å². The quantitative estimate of drug-likeness (QED) is 0.900. The zero-order valence-electron chi connectivity index (χ0n) is 13.3. The molecule has 2 aromatic rings. The summed E-state index contributed by atoms with van der Waals surface area (Å²) < 4.78 is 0. The molecule has 1 unspecified atom stereocenters. The van der Waals surface area contributed by atoms with Crippen molar-refractivity contribution >= 4 is 23.2 Å². The summed E-state index contributed by atoms with van der Waals surface area (Å²) in [5.41, 5.74) is 2.82. The molecular weight excluding hydrogens is 308 g/mol. The number of hydrogen-bond donors (Lipinski definition) is 1. The van der Waals surface area contributed by atoms with Crippen molar-refractivity contribution in [2.45, 2.75) is 25.8 Å². The maximum atomic E-state index is 13.0. The first kappa shape index (κ1) is 16.0. The highest BCUT2D eigenvalue weighted by Crippen LogP contribution is 2.28. The Morgan fingerprint density at radius 2 is 1.83 bits per heavy atom. The van der Waals surface area contributed by atoms with E-state index in [1.807, 2.05) is 49.4 Å². The van der Waals surface area contributed by atoms with Crippen molar-refractivity contribution in [3.8, 4) is 0 Å². The molecular formula is C19H21ClN2O. The molecule has 3 nitrogen and oxygen atoms in total. The molecule has 0 bridgehead atoms. The van der Waals surface area contributed by atoms with E-state index in [1.165, 1.54) is 0 Å². The molecule has 4 heteroatoms. The zero-order valence-corrected chi connectivity index (χ0v) is 14.0. The lowest BCUT2D eigenvalue weighted by Gasteiger charge is -2.27. The van der Waals surface area contributed by atoms with Gasteiger partial charge in [-0.15, -0.1) is 0 Å². The van der Waals surface area contributed by atoms with Crippen LogP contribution in [-0.2, 0) is 4.79 Å². The second kappa shape index (κ2) is 7.16. The predicted octanol–water partition coefficient (Wildman–Crippen LogP) is 4.42. The molecule has 0 aromatic heterocycles. The molecule has 2 aromatic carbocycles. The number of nitrogens with one attached hydrogen (secondary N) is 1. The molecule has 1 aliphatic rings. The van der Waals surface area contributed by atoms with E-state index >= 15 is 0 Å². The van der Waals surface area contributed by atoms with Gasteiger partial charge >= 0.3 is 0 Å². The van der Waals surface area contributed by atoms with E-state index in [9.17, 15) is 4.79 Å². The minimum atomic E-state index is -0.253. The lowest BCUT2D eigenvalue weighted by atomic mass is 10.0. The molecule has 1 heterocycles. The number of nitrogens with zero attached hydrogens (tertiary/aromatic N) is 1. The monoisotopic (exact) mass is 328 g/mol. The number of amides is 1. The molecule has 1 saturated heterocycles. The molecule has 1 fully saturated rings. The highest BCUT2D eigenvalue weighted by atomic mass is 35.5. The van der Waals surface area contributed by atoms with Gasteiger partial charge in [0.25, 0.3) is 0 Å². The summed E-state index contributed by atoms with van der Waals surface area (Å²) in [6, 6.07) is 15.3. The largest absolute Gasteiger partial charge is 0.324 e. The molecule has 23 heavy (non-hydrogen) atoms. The molecule has 0 spiro atoms. The van der Waals surface area contributed by atoms with Crippen LogP contribution in [0, 0.1) is 6.92 Å². The van der Waals surface area contributed by atoms with Gasteiger partial charge in [-0.1, -0.05) is 48.0 Å². The molecule has 1 N–H and O–H groups in total. The number of carbonyl (C=O) groups is 1. The molecule has 120 valence electrons. The Bertz CT molecular complexity index is 681. The average Bonchev–Trinajstić information content (AvgIpc) is 3.06. The van der Waals surface area contributed by atoms with Gasteiger partial charge in [0.2, 0.25) is 5.91 Å². The van der Waals surface area contributed by atoms with Crippen LogP contribution >= 0.6 is 11.6 Å². The van der Waals surface area contributed by atoms with Crippen LogP contribution in [0.25, 0.3) is 0 Å². The number of carbonyl (C=O) groups excluding carboxylic acids is 1. The Balaban J connectivity index is 1.87. The van der Waals surface area contributed by atoms with E-state index < -0.39 is 0 Å². The standard InChI is InChI=1S/C19H21ClN2O/c1-14-9-10-16(20)13-17(14)21-19(23)18(22-11-5-6-12-22)15-7-3-2-4-8-15/h2-4,7-10,13,18H,5-6,11-12H2,1H3,(H,21,23). The Morgan fingerprint density at radius 1 is 1.13 bits per heavy atom. The second-order valence-electron chi connectivity index (χ2n) is 6.00. The summed E-state index contributed by atoms with van der Waals surface area (Å²) in [6.07, 6.45) is 2.29. The van der Waals surface area contributed by atoms with E-state index in [0.717, 1.165) is 42.7 Å². The van der Waals surface area contributed by atoms with E-state index in [1.54, 1.807) is 6.07 Å². The van der Waals surface area contributed by atoms with Gasteiger partial charge < -0.3 is 5.32 Å². The van der Waals surface area contributed by atoms with Crippen LogP contribution in [0.5, 0.6) is 0 Å². The summed E-state index contributed by atoms with van der Waals surface area (Å²) in [5, 5.41) is 3.69. The number of aryl methyl sites for hydroxylation is 1. The maximum absolute atomic E-state index is 13.0. The fraction of sp³-hybridized carbons (Fsp3) is 0.316. The van der Waals surface area contributed by atoms with Crippen LogP contribution in [0.2, 0.25) is 5.02 Å².